The van der Waals surface area contributed by atoms with Gasteiger partial charge in [0.1, 0.15) is 18.2 Å². The second kappa shape index (κ2) is 11.2. The smallest absolute Gasteiger partial charge is 0.337 e. The normalized spacial score (nSPS) is 16.9. The highest BCUT2D eigenvalue weighted by molar-refractivity contribution is 5.90. The van der Waals surface area contributed by atoms with Crippen LogP contribution in [0.3, 0.4) is 0 Å². The molecular weight excluding hydrogens is 428 g/mol. The summed E-state index contributed by atoms with van der Waals surface area (Å²) in [5.41, 5.74) is 9.49. The molecule has 3 N–H and O–H groups in total. The van der Waals surface area contributed by atoms with Crippen molar-refractivity contribution in [2.75, 3.05) is 19.6 Å². The summed E-state index contributed by atoms with van der Waals surface area (Å²) in [6, 6.07) is 16.4. The van der Waals surface area contributed by atoms with Gasteiger partial charge < -0.3 is 25.2 Å². The van der Waals surface area contributed by atoms with Gasteiger partial charge in [0.2, 0.25) is 0 Å². The number of H-pyrrole nitrogens is 1. The SMILES string of the molecule is CC(C)C(=O)O/N=C(\N)CCCN1CCC(c2c[nH]c3cccc(OCc4ccccc4)c23)C1. The highest BCUT2D eigenvalue weighted by Crippen LogP contribution is 2.37. The number of aromatic amines is 1. The van der Waals surface area contributed by atoms with Gasteiger partial charge in [0.15, 0.2) is 0 Å². The number of rotatable bonds is 10. The number of aromatic nitrogens is 1. The fourth-order valence-electron chi connectivity index (χ4n) is 4.38. The standard InChI is InChI=1S/C27H34N4O3/c1-19(2)27(32)34-30-25(28)12-7-14-31-15-13-21(17-31)22-16-29-23-10-6-11-24(26(22)23)33-18-20-8-4-3-5-9-20/h3-6,8-11,16,19,21,29H,7,12-15,17-18H2,1-2H3,(H2,28,30). The van der Waals surface area contributed by atoms with Crippen LogP contribution in [0, 0.1) is 5.92 Å². The molecule has 2 heterocycles. The van der Waals surface area contributed by atoms with Crippen LogP contribution in [0.25, 0.3) is 10.9 Å². The first-order valence-corrected chi connectivity index (χ1v) is 12.0. The Labute approximate surface area is 200 Å². The molecule has 7 heteroatoms. The predicted octanol–water partition coefficient (Wildman–Crippen LogP) is 4.79. The predicted molar refractivity (Wildman–Crippen MR) is 135 cm³/mol. The molecule has 0 aliphatic carbocycles. The van der Waals surface area contributed by atoms with Crippen molar-refractivity contribution in [1.82, 2.24) is 9.88 Å². The van der Waals surface area contributed by atoms with E-state index in [2.05, 4.69) is 45.5 Å². The fraction of sp³-hybridized carbons (Fsp3) is 0.407. The van der Waals surface area contributed by atoms with Crippen molar-refractivity contribution in [2.24, 2.45) is 16.8 Å². The van der Waals surface area contributed by atoms with Gasteiger partial charge >= 0.3 is 5.97 Å². The molecule has 4 rings (SSSR count). The van der Waals surface area contributed by atoms with E-state index in [-0.39, 0.29) is 11.9 Å². The average Bonchev–Trinajstić information content (AvgIpc) is 3.49. The number of amidine groups is 1. The highest BCUT2D eigenvalue weighted by Gasteiger charge is 2.26. The zero-order valence-electron chi connectivity index (χ0n) is 20.0. The molecule has 1 saturated heterocycles. The number of hydrogen-bond acceptors (Lipinski definition) is 5. The molecule has 2 aromatic carbocycles. The van der Waals surface area contributed by atoms with Gasteiger partial charge in [0, 0.05) is 36.0 Å². The second-order valence-corrected chi connectivity index (χ2v) is 9.23. The first-order chi connectivity index (χ1) is 16.5. The molecule has 0 spiro atoms. The van der Waals surface area contributed by atoms with Crippen LogP contribution in [0.15, 0.2) is 59.9 Å². The number of carbonyl (C=O) groups excluding carboxylic acids is 1. The van der Waals surface area contributed by atoms with Crippen molar-refractivity contribution in [3.05, 3.63) is 65.9 Å². The zero-order chi connectivity index (χ0) is 23.9. The molecule has 1 aromatic heterocycles. The second-order valence-electron chi connectivity index (χ2n) is 9.23. The number of likely N-dealkylation sites (tertiary alicyclic amines) is 1. The van der Waals surface area contributed by atoms with Crippen LogP contribution in [0.1, 0.15) is 50.2 Å². The molecule has 1 aliphatic rings. The van der Waals surface area contributed by atoms with Crippen LogP contribution in [-0.4, -0.2) is 41.3 Å². The summed E-state index contributed by atoms with van der Waals surface area (Å²) in [7, 11) is 0. The topological polar surface area (TPSA) is 92.9 Å². The zero-order valence-corrected chi connectivity index (χ0v) is 20.0. The minimum absolute atomic E-state index is 0.216. The Morgan fingerprint density at radius 3 is 2.82 bits per heavy atom. The van der Waals surface area contributed by atoms with Gasteiger partial charge in [-0.3, -0.25) is 0 Å². The molecule has 0 radical (unpaired) electrons. The van der Waals surface area contributed by atoms with Crippen molar-refractivity contribution in [3.8, 4) is 5.75 Å². The Hall–Kier alpha value is -3.32. The van der Waals surface area contributed by atoms with Crippen LogP contribution in [-0.2, 0) is 16.2 Å². The van der Waals surface area contributed by atoms with E-state index in [0.29, 0.717) is 24.8 Å². The summed E-state index contributed by atoms with van der Waals surface area (Å²) in [4.78, 5) is 22.3. The third kappa shape index (κ3) is 5.97. The molecule has 3 aromatic rings. The summed E-state index contributed by atoms with van der Waals surface area (Å²) in [5.74, 6) is 1.16. The molecule has 0 saturated carbocycles. The maximum atomic E-state index is 11.5. The summed E-state index contributed by atoms with van der Waals surface area (Å²) in [6.45, 7) is 7.07. The van der Waals surface area contributed by atoms with Crippen molar-refractivity contribution >= 4 is 22.7 Å². The van der Waals surface area contributed by atoms with Crippen molar-refractivity contribution in [1.29, 1.82) is 0 Å². The maximum absolute atomic E-state index is 11.5. The quantitative estimate of drug-likeness (QED) is 0.196. The molecule has 34 heavy (non-hydrogen) atoms. The Balaban J connectivity index is 1.33. The van der Waals surface area contributed by atoms with Gasteiger partial charge in [-0.15, -0.1) is 0 Å². The average molecular weight is 463 g/mol. The monoisotopic (exact) mass is 462 g/mol. The molecule has 7 nitrogen and oxygen atoms in total. The van der Waals surface area contributed by atoms with Gasteiger partial charge in [-0.2, -0.15) is 0 Å². The van der Waals surface area contributed by atoms with Crippen LogP contribution in [0.2, 0.25) is 0 Å². The third-order valence-electron chi connectivity index (χ3n) is 6.28. The number of nitrogens with two attached hydrogens (primary N) is 1. The Morgan fingerprint density at radius 2 is 2.03 bits per heavy atom. The number of nitrogens with zero attached hydrogens (tertiary/aromatic N) is 2. The summed E-state index contributed by atoms with van der Waals surface area (Å²) in [6.07, 6.45) is 4.73. The molecular formula is C27H34N4O3. The van der Waals surface area contributed by atoms with Crippen LogP contribution in [0.5, 0.6) is 5.75 Å². The third-order valence-corrected chi connectivity index (χ3v) is 6.28. The maximum Gasteiger partial charge on any atom is 0.337 e. The van der Waals surface area contributed by atoms with E-state index in [1.807, 2.05) is 24.3 Å². The van der Waals surface area contributed by atoms with E-state index >= 15 is 0 Å². The number of carbonyl (C=O) groups is 1. The van der Waals surface area contributed by atoms with Crippen LogP contribution in [0.4, 0.5) is 0 Å². The summed E-state index contributed by atoms with van der Waals surface area (Å²) < 4.78 is 6.24. The minimum atomic E-state index is -0.365. The lowest BCUT2D eigenvalue weighted by Gasteiger charge is -2.16. The van der Waals surface area contributed by atoms with Gasteiger partial charge in [0.05, 0.1) is 5.92 Å². The first-order valence-electron chi connectivity index (χ1n) is 12.0. The number of hydrogen-bond donors (Lipinski definition) is 2. The first kappa shape index (κ1) is 23.8. The van der Waals surface area contributed by atoms with Crippen molar-refractivity contribution in [3.63, 3.8) is 0 Å². The number of ether oxygens (including phenoxy) is 1. The summed E-state index contributed by atoms with van der Waals surface area (Å²) in [5, 5.41) is 4.95. The van der Waals surface area contributed by atoms with Crippen LogP contribution >= 0.6 is 0 Å². The minimum Gasteiger partial charge on any atom is -0.488 e. The van der Waals surface area contributed by atoms with E-state index < -0.39 is 0 Å². The lowest BCUT2D eigenvalue weighted by atomic mass is 9.97. The van der Waals surface area contributed by atoms with Gasteiger partial charge in [-0.25, -0.2) is 4.79 Å². The molecule has 1 atom stereocenters. The van der Waals surface area contributed by atoms with Crippen molar-refractivity contribution in [2.45, 2.75) is 45.6 Å². The number of nitrogens with one attached hydrogen (secondary N) is 1. The van der Waals surface area contributed by atoms with Crippen LogP contribution < -0.4 is 10.5 Å². The van der Waals surface area contributed by atoms with Gasteiger partial charge in [-0.05, 0) is 49.2 Å². The lowest BCUT2D eigenvalue weighted by Crippen LogP contribution is -2.23. The molecule has 0 bridgehead atoms. The largest absolute Gasteiger partial charge is 0.488 e. The van der Waals surface area contributed by atoms with E-state index in [9.17, 15) is 4.79 Å². The van der Waals surface area contributed by atoms with E-state index in [1.165, 1.54) is 10.9 Å². The molecule has 180 valence electrons. The van der Waals surface area contributed by atoms with Crippen molar-refractivity contribution < 1.29 is 14.4 Å². The van der Waals surface area contributed by atoms with E-state index in [4.69, 9.17) is 15.3 Å². The lowest BCUT2D eigenvalue weighted by molar-refractivity contribution is -0.147. The molecule has 1 unspecified atom stereocenters. The highest BCUT2D eigenvalue weighted by atomic mass is 16.7. The molecule has 1 fully saturated rings. The fourth-order valence-corrected chi connectivity index (χ4v) is 4.38. The summed E-state index contributed by atoms with van der Waals surface area (Å²) >= 11 is 0. The Morgan fingerprint density at radius 1 is 1.21 bits per heavy atom. The Bertz CT molecular complexity index is 1120. The number of fused-ring (bicyclic) bond motifs is 1. The Kier molecular flexibility index (Phi) is 7.85. The van der Waals surface area contributed by atoms with E-state index in [0.717, 1.165) is 49.3 Å². The molecule has 0 amide bonds. The van der Waals surface area contributed by atoms with Gasteiger partial charge in [0.25, 0.3) is 0 Å². The molecule has 1 aliphatic heterocycles. The van der Waals surface area contributed by atoms with E-state index in [1.54, 1.807) is 13.8 Å². The number of oxime groups is 1. The van der Waals surface area contributed by atoms with Gasteiger partial charge in [-0.1, -0.05) is 55.4 Å². The number of benzene rings is 2.